The summed E-state index contributed by atoms with van der Waals surface area (Å²) in [7, 11) is 0. The Balaban J connectivity index is 2.48. The number of aryl methyl sites for hydroxylation is 1. The molecule has 0 amide bonds. The van der Waals surface area contributed by atoms with E-state index in [2.05, 4.69) is 0 Å². The summed E-state index contributed by atoms with van der Waals surface area (Å²) in [4.78, 5) is 10.8. The highest BCUT2D eigenvalue weighted by Crippen LogP contribution is 2.33. The van der Waals surface area contributed by atoms with Crippen LogP contribution in [-0.2, 0) is 17.6 Å². The first-order valence-corrected chi connectivity index (χ1v) is 5.82. The van der Waals surface area contributed by atoms with E-state index in [-0.39, 0.29) is 11.3 Å². The third-order valence-corrected chi connectivity index (χ3v) is 3.18. The lowest BCUT2D eigenvalue weighted by Crippen LogP contribution is -2.04. The van der Waals surface area contributed by atoms with Gasteiger partial charge in [-0.05, 0) is 42.9 Å². The lowest BCUT2D eigenvalue weighted by atomic mass is 9.89. The van der Waals surface area contributed by atoms with Gasteiger partial charge < -0.3 is 10.2 Å². The molecule has 18 heavy (non-hydrogen) atoms. The smallest absolute Gasteiger partial charge is 0.346 e. The van der Waals surface area contributed by atoms with Gasteiger partial charge in [0.15, 0.2) is 0 Å². The van der Waals surface area contributed by atoms with Gasteiger partial charge in [-0.25, -0.2) is 4.79 Å². The maximum absolute atomic E-state index is 10.8. The molecule has 0 unspecified atom stereocenters. The van der Waals surface area contributed by atoms with Crippen LogP contribution >= 0.6 is 0 Å². The summed E-state index contributed by atoms with van der Waals surface area (Å²) >= 11 is 0. The second kappa shape index (κ2) is 4.92. The van der Waals surface area contributed by atoms with E-state index in [1.54, 1.807) is 12.1 Å². The van der Waals surface area contributed by atoms with Crippen LogP contribution in [0.5, 0.6) is 5.75 Å². The first-order chi connectivity index (χ1) is 8.63. The van der Waals surface area contributed by atoms with Crippen molar-refractivity contribution in [3.63, 3.8) is 0 Å². The summed E-state index contributed by atoms with van der Waals surface area (Å²) < 4.78 is 0. The zero-order valence-electron chi connectivity index (χ0n) is 9.81. The van der Waals surface area contributed by atoms with E-state index in [1.165, 1.54) is 6.08 Å². The van der Waals surface area contributed by atoms with Crippen molar-refractivity contribution in [2.75, 3.05) is 0 Å². The summed E-state index contributed by atoms with van der Waals surface area (Å²) in [5, 5.41) is 27.6. The average Bonchev–Trinajstić information content (AvgIpc) is 2.38. The van der Waals surface area contributed by atoms with Gasteiger partial charge in [-0.3, -0.25) is 0 Å². The zero-order chi connectivity index (χ0) is 13.1. The van der Waals surface area contributed by atoms with Gasteiger partial charge in [-0.1, -0.05) is 12.1 Å². The van der Waals surface area contributed by atoms with Crippen LogP contribution in [0.25, 0.3) is 6.08 Å². The molecule has 4 heteroatoms. The van der Waals surface area contributed by atoms with Crippen molar-refractivity contribution in [1.29, 1.82) is 5.26 Å². The Bertz CT molecular complexity index is 567. The van der Waals surface area contributed by atoms with Crippen LogP contribution in [0.2, 0.25) is 0 Å². The van der Waals surface area contributed by atoms with Crippen molar-refractivity contribution in [2.24, 2.45) is 0 Å². The van der Waals surface area contributed by atoms with Gasteiger partial charge in [-0.2, -0.15) is 5.26 Å². The van der Waals surface area contributed by atoms with Crippen LogP contribution in [0.3, 0.4) is 0 Å². The Kier molecular flexibility index (Phi) is 3.33. The van der Waals surface area contributed by atoms with Crippen LogP contribution in [0.15, 0.2) is 17.7 Å². The van der Waals surface area contributed by atoms with Gasteiger partial charge >= 0.3 is 5.97 Å². The highest BCUT2D eigenvalue weighted by Gasteiger charge is 2.16. The molecule has 0 saturated carbocycles. The van der Waals surface area contributed by atoms with E-state index in [9.17, 15) is 9.90 Å². The topological polar surface area (TPSA) is 81.3 Å². The van der Waals surface area contributed by atoms with Crippen molar-refractivity contribution >= 4 is 12.0 Å². The fourth-order valence-electron chi connectivity index (χ4n) is 2.24. The number of aromatic hydroxyl groups is 1. The molecule has 0 aromatic heterocycles. The Morgan fingerprint density at radius 2 is 2.06 bits per heavy atom. The quantitative estimate of drug-likeness (QED) is 0.616. The summed E-state index contributed by atoms with van der Waals surface area (Å²) in [6.07, 6.45) is 5.10. The van der Waals surface area contributed by atoms with Crippen molar-refractivity contribution in [1.82, 2.24) is 0 Å². The molecule has 1 aromatic carbocycles. The van der Waals surface area contributed by atoms with E-state index in [0.717, 1.165) is 36.8 Å². The number of hydrogen-bond donors (Lipinski definition) is 2. The lowest BCUT2D eigenvalue weighted by Gasteiger charge is -2.18. The molecule has 2 rings (SSSR count). The van der Waals surface area contributed by atoms with Crippen molar-refractivity contribution < 1.29 is 15.0 Å². The van der Waals surface area contributed by atoms with Crippen LogP contribution in [0, 0.1) is 11.3 Å². The number of nitriles is 1. The number of nitrogens with zero attached hydrogens (tertiary/aromatic N) is 1. The van der Waals surface area contributed by atoms with Crippen LogP contribution in [0.4, 0.5) is 0 Å². The molecule has 0 spiro atoms. The second-order valence-corrected chi connectivity index (χ2v) is 4.32. The minimum atomic E-state index is -1.28. The van der Waals surface area contributed by atoms with Crippen LogP contribution < -0.4 is 0 Å². The predicted octanol–water partition coefficient (Wildman–Crippen LogP) is 2.26. The molecule has 1 aromatic rings. The minimum Gasteiger partial charge on any atom is -0.507 e. The number of phenols is 1. The summed E-state index contributed by atoms with van der Waals surface area (Å²) in [5.41, 5.74) is 2.03. The summed E-state index contributed by atoms with van der Waals surface area (Å²) in [5.74, 6) is -1.17. The number of benzene rings is 1. The SMILES string of the molecule is N#CC(=Cc1ccc2c(c1O)CCCC2)C(=O)O. The number of carbonyl (C=O) groups is 1. The fourth-order valence-corrected chi connectivity index (χ4v) is 2.24. The molecule has 0 heterocycles. The first-order valence-electron chi connectivity index (χ1n) is 5.82. The van der Waals surface area contributed by atoms with Gasteiger partial charge in [0.25, 0.3) is 0 Å². The minimum absolute atomic E-state index is 0.112. The van der Waals surface area contributed by atoms with Crippen molar-refractivity contribution in [3.05, 3.63) is 34.4 Å². The molecule has 92 valence electrons. The third-order valence-electron chi connectivity index (χ3n) is 3.18. The van der Waals surface area contributed by atoms with E-state index >= 15 is 0 Å². The number of rotatable bonds is 2. The molecule has 0 radical (unpaired) electrons. The Labute approximate surface area is 105 Å². The van der Waals surface area contributed by atoms with Gasteiger partial charge in [0, 0.05) is 5.56 Å². The highest BCUT2D eigenvalue weighted by molar-refractivity contribution is 5.96. The molecule has 1 aliphatic rings. The standard InChI is InChI=1S/C14H13NO3/c15-8-11(14(17)18)7-10-6-5-9-3-1-2-4-12(9)13(10)16/h5-7,16H,1-4H2,(H,17,18). The first kappa shape index (κ1) is 12.2. The summed E-state index contributed by atoms with van der Waals surface area (Å²) in [6.45, 7) is 0. The monoisotopic (exact) mass is 243 g/mol. The van der Waals surface area contributed by atoms with Gasteiger partial charge in [0.05, 0.1) is 0 Å². The number of carboxylic acid groups (broad SMARTS) is 1. The average molecular weight is 243 g/mol. The number of fused-ring (bicyclic) bond motifs is 1. The number of phenolic OH excluding ortho intramolecular Hbond substituents is 1. The molecule has 2 N–H and O–H groups in total. The predicted molar refractivity (Wildman–Crippen MR) is 66.0 cm³/mol. The number of aliphatic carboxylic acids is 1. The van der Waals surface area contributed by atoms with E-state index in [1.807, 2.05) is 6.07 Å². The third kappa shape index (κ3) is 2.21. The Hall–Kier alpha value is -2.28. The molecule has 1 aliphatic carbocycles. The van der Waals surface area contributed by atoms with E-state index in [4.69, 9.17) is 10.4 Å². The van der Waals surface area contributed by atoms with Crippen molar-refractivity contribution in [3.8, 4) is 11.8 Å². The number of carboxylic acids is 1. The maximum atomic E-state index is 10.8. The molecular weight excluding hydrogens is 230 g/mol. The second-order valence-electron chi connectivity index (χ2n) is 4.32. The summed E-state index contributed by atoms with van der Waals surface area (Å²) in [6, 6.07) is 5.17. The Morgan fingerprint density at radius 3 is 2.72 bits per heavy atom. The van der Waals surface area contributed by atoms with Crippen LogP contribution in [-0.4, -0.2) is 16.2 Å². The van der Waals surface area contributed by atoms with E-state index in [0.29, 0.717) is 5.56 Å². The van der Waals surface area contributed by atoms with Gasteiger partial charge in [0.2, 0.25) is 0 Å². The van der Waals surface area contributed by atoms with Gasteiger partial charge in [0.1, 0.15) is 17.4 Å². The van der Waals surface area contributed by atoms with Crippen LogP contribution in [0.1, 0.15) is 29.5 Å². The molecule has 0 aliphatic heterocycles. The fraction of sp³-hybridized carbons (Fsp3) is 0.286. The normalized spacial score (nSPS) is 14.7. The van der Waals surface area contributed by atoms with Crippen molar-refractivity contribution in [2.45, 2.75) is 25.7 Å². The molecule has 0 fully saturated rings. The zero-order valence-corrected chi connectivity index (χ0v) is 9.81. The Morgan fingerprint density at radius 1 is 1.33 bits per heavy atom. The van der Waals surface area contributed by atoms with E-state index < -0.39 is 5.97 Å². The molecule has 0 saturated heterocycles. The van der Waals surface area contributed by atoms with Gasteiger partial charge in [-0.15, -0.1) is 0 Å². The molecule has 0 bridgehead atoms. The lowest BCUT2D eigenvalue weighted by molar-refractivity contribution is -0.132. The highest BCUT2D eigenvalue weighted by atomic mass is 16.4. The molecule has 0 atom stereocenters. The maximum Gasteiger partial charge on any atom is 0.346 e. The molecular formula is C14H13NO3. The number of hydrogen-bond acceptors (Lipinski definition) is 3. The largest absolute Gasteiger partial charge is 0.507 e. The molecule has 4 nitrogen and oxygen atoms in total.